The molecule has 2 N–H and O–H groups in total. The molecule has 0 bridgehead atoms. The number of aryl methyl sites for hydroxylation is 1. The molecule has 0 spiro atoms. The second kappa shape index (κ2) is 11.6. The molecule has 2 fully saturated rings. The number of hydrogen-bond acceptors (Lipinski definition) is 4. The lowest BCUT2D eigenvalue weighted by Crippen LogP contribution is -2.56. The molecule has 2 aliphatic rings. The van der Waals surface area contributed by atoms with E-state index in [0.717, 1.165) is 5.56 Å². The van der Waals surface area contributed by atoms with Crippen LogP contribution in [0.1, 0.15) is 28.8 Å². The van der Waals surface area contributed by atoms with Gasteiger partial charge in [0, 0.05) is 42.5 Å². The van der Waals surface area contributed by atoms with Gasteiger partial charge in [0.2, 0.25) is 5.91 Å². The summed E-state index contributed by atoms with van der Waals surface area (Å²) in [6.07, 6.45) is 1.22. The Kier molecular flexibility index (Phi) is 8.25. The summed E-state index contributed by atoms with van der Waals surface area (Å²) in [6, 6.07) is 13.5. The zero-order chi connectivity index (χ0) is 24.8. The Labute approximate surface area is 210 Å². The van der Waals surface area contributed by atoms with Crippen molar-refractivity contribution in [1.29, 1.82) is 0 Å². The Hall–Kier alpha value is -3.10. The van der Waals surface area contributed by atoms with Crippen molar-refractivity contribution in [2.75, 3.05) is 44.7 Å². The van der Waals surface area contributed by atoms with Crippen molar-refractivity contribution in [3.8, 4) is 0 Å². The van der Waals surface area contributed by atoms with Crippen molar-refractivity contribution in [3.63, 3.8) is 0 Å². The maximum atomic E-state index is 13.5. The summed E-state index contributed by atoms with van der Waals surface area (Å²) >= 11 is 6.01. The van der Waals surface area contributed by atoms with Gasteiger partial charge in [-0.25, -0.2) is 4.79 Å². The van der Waals surface area contributed by atoms with E-state index in [-0.39, 0.29) is 23.8 Å². The van der Waals surface area contributed by atoms with Gasteiger partial charge in [-0.1, -0.05) is 35.4 Å². The Morgan fingerprint density at radius 2 is 1.66 bits per heavy atom. The van der Waals surface area contributed by atoms with Gasteiger partial charge >= 0.3 is 6.03 Å². The standard InChI is InChI=1S/C26H31ClN4O4/c1-18-5-7-20(8-6-18)24(32)29-23(25(33)30-13-15-35-16-14-30)19-9-11-31(12-10-19)26(34)28-22-4-2-3-21(27)17-22/h2-8,17,19,23H,9-16H2,1H3,(H,28,34)(H,29,32)/t23-/m0/s1. The molecule has 0 aliphatic carbocycles. The predicted octanol–water partition coefficient (Wildman–Crippen LogP) is 3.55. The molecule has 186 valence electrons. The Balaban J connectivity index is 1.42. The highest BCUT2D eigenvalue weighted by molar-refractivity contribution is 6.30. The molecule has 2 aromatic carbocycles. The zero-order valence-corrected chi connectivity index (χ0v) is 20.6. The van der Waals surface area contributed by atoms with Crippen LogP contribution in [-0.4, -0.2) is 73.1 Å². The summed E-state index contributed by atoms with van der Waals surface area (Å²) in [5.74, 6) is -0.428. The lowest BCUT2D eigenvalue weighted by molar-refractivity contribution is -0.139. The number of amides is 4. The summed E-state index contributed by atoms with van der Waals surface area (Å²) in [4.78, 5) is 42.7. The maximum Gasteiger partial charge on any atom is 0.321 e. The van der Waals surface area contributed by atoms with E-state index in [1.807, 2.05) is 19.1 Å². The molecule has 8 nitrogen and oxygen atoms in total. The van der Waals surface area contributed by atoms with Gasteiger partial charge in [-0.3, -0.25) is 9.59 Å². The first-order chi connectivity index (χ1) is 16.9. The Morgan fingerprint density at radius 3 is 2.31 bits per heavy atom. The van der Waals surface area contributed by atoms with Gasteiger partial charge in [0.05, 0.1) is 13.2 Å². The minimum atomic E-state index is -0.653. The maximum absolute atomic E-state index is 13.5. The average molecular weight is 499 g/mol. The number of likely N-dealkylation sites (tertiary alicyclic amines) is 1. The number of nitrogens with zero attached hydrogens (tertiary/aromatic N) is 2. The van der Waals surface area contributed by atoms with Crippen LogP contribution in [0.3, 0.4) is 0 Å². The molecule has 2 aromatic rings. The number of halogens is 1. The van der Waals surface area contributed by atoms with Crippen LogP contribution in [0, 0.1) is 12.8 Å². The fraction of sp³-hybridized carbons (Fsp3) is 0.423. The number of benzene rings is 2. The van der Waals surface area contributed by atoms with E-state index in [0.29, 0.717) is 68.5 Å². The van der Waals surface area contributed by atoms with Gasteiger partial charge in [-0.15, -0.1) is 0 Å². The van der Waals surface area contributed by atoms with Crippen molar-refractivity contribution < 1.29 is 19.1 Å². The highest BCUT2D eigenvalue weighted by atomic mass is 35.5. The minimum absolute atomic E-state index is 0.0741. The number of carbonyl (C=O) groups is 3. The molecule has 0 unspecified atom stereocenters. The number of carbonyl (C=O) groups excluding carboxylic acids is 3. The number of ether oxygens (including phenoxy) is 1. The second-order valence-electron chi connectivity index (χ2n) is 9.02. The SMILES string of the molecule is Cc1ccc(C(=O)N[C@H](C(=O)N2CCOCC2)C2CCN(C(=O)Nc3cccc(Cl)c3)CC2)cc1. The van der Waals surface area contributed by atoms with E-state index >= 15 is 0 Å². The highest BCUT2D eigenvalue weighted by Gasteiger charge is 2.36. The Morgan fingerprint density at radius 1 is 0.971 bits per heavy atom. The van der Waals surface area contributed by atoms with Gasteiger partial charge < -0.3 is 25.2 Å². The number of rotatable bonds is 5. The van der Waals surface area contributed by atoms with Crippen LogP contribution in [0.25, 0.3) is 0 Å². The van der Waals surface area contributed by atoms with E-state index < -0.39 is 6.04 Å². The number of anilines is 1. The summed E-state index contributed by atoms with van der Waals surface area (Å²) in [5.41, 5.74) is 2.22. The van der Waals surface area contributed by atoms with Crippen molar-refractivity contribution >= 4 is 35.1 Å². The summed E-state index contributed by atoms with van der Waals surface area (Å²) in [7, 11) is 0. The smallest absolute Gasteiger partial charge is 0.321 e. The molecular weight excluding hydrogens is 468 g/mol. The van der Waals surface area contributed by atoms with Crippen LogP contribution in [0.5, 0.6) is 0 Å². The summed E-state index contributed by atoms with van der Waals surface area (Å²) in [5, 5.41) is 6.43. The van der Waals surface area contributed by atoms with Crippen LogP contribution in [0.4, 0.5) is 10.5 Å². The number of piperidine rings is 1. The molecule has 1 atom stereocenters. The molecule has 35 heavy (non-hydrogen) atoms. The zero-order valence-electron chi connectivity index (χ0n) is 19.8. The van der Waals surface area contributed by atoms with Crippen molar-refractivity contribution in [2.24, 2.45) is 5.92 Å². The molecule has 0 radical (unpaired) electrons. The first-order valence-electron chi connectivity index (χ1n) is 12.0. The van der Waals surface area contributed by atoms with Crippen molar-refractivity contribution in [2.45, 2.75) is 25.8 Å². The lowest BCUT2D eigenvalue weighted by atomic mass is 9.88. The second-order valence-corrected chi connectivity index (χ2v) is 9.46. The van der Waals surface area contributed by atoms with E-state index in [1.165, 1.54) is 0 Å². The van der Waals surface area contributed by atoms with Gasteiger partial charge in [0.15, 0.2) is 0 Å². The predicted molar refractivity (Wildman–Crippen MR) is 135 cm³/mol. The number of hydrogen-bond donors (Lipinski definition) is 2. The molecular formula is C26H31ClN4O4. The van der Waals surface area contributed by atoms with E-state index in [9.17, 15) is 14.4 Å². The van der Waals surface area contributed by atoms with Gasteiger partial charge in [0.25, 0.3) is 5.91 Å². The topological polar surface area (TPSA) is 91.0 Å². The summed E-state index contributed by atoms with van der Waals surface area (Å²) in [6.45, 7) is 4.95. The third-order valence-electron chi connectivity index (χ3n) is 6.56. The van der Waals surface area contributed by atoms with Crippen molar-refractivity contribution in [1.82, 2.24) is 15.1 Å². The van der Waals surface area contributed by atoms with Gasteiger partial charge in [-0.05, 0) is 56.0 Å². The first-order valence-corrected chi connectivity index (χ1v) is 12.3. The van der Waals surface area contributed by atoms with Crippen LogP contribution >= 0.6 is 11.6 Å². The molecule has 2 heterocycles. The first kappa shape index (κ1) is 25.0. The third-order valence-corrected chi connectivity index (χ3v) is 6.80. The number of urea groups is 1. The fourth-order valence-electron chi connectivity index (χ4n) is 4.50. The number of nitrogens with one attached hydrogen (secondary N) is 2. The van der Waals surface area contributed by atoms with Gasteiger partial charge in [-0.2, -0.15) is 0 Å². The molecule has 2 aliphatic heterocycles. The van der Waals surface area contributed by atoms with Crippen molar-refractivity contribution in [3.05, 3.63) is 64.7 Å². The highest BCUT2D eigenvalue weighted by Crippen LogP contribution is 2.24. The van der Waals surface area contributed by atoms with E-state index in [4.69, 9.17) is 16.3 Å². The lowest BCUT2D eigenvalue weighted by Gasteiger charge is -2.38. The third kappa shape index (κ3) is 6.52. The molecule has 0 aromatic heterocycles. The molecule has 4 rings (SSSR count). The quantitative estimate of drug-likeness (QED) is 0.659. The van der Waals surface area contributed by atoms with Crippen LogP contribution < -0.4 is 10.6 Å². The monoisotopic (exact) mass is 498 g/mol. The normalized spacial score (nSPS) is 17.5. The minimum Gasteiger partial charge on any atom is -0.378 e. The average Bonchev–Trinajstić information content (AvgIpc) is 2.88. The van der Waals surface area contributed by atoms with Crippen LogP contribution in [-0.2, 0) is 9.53 Å². The molecule has 9 heteroatoms. The van der Waals surface area contributed by atoms with E-state index in [1.54, 1.807) is 46.2 Å². The van der Waals surface area contributed by atoms with E-state index in [2.05, 4.69) is 10.6 Å². The Bertz CT molecular complexity index is 1050. The van der Waals surface area contributed by atoms with Gasteiger partial charge in [0.1, 0.15) is 6.04 Å². The van der Waals surface area contributed by atoms with Crippen LogP contribution in [0.2, 0.25) is 5.02 Å². The fourth-order valence-corrected chi connectivity index (χ4v) is 4.69. The molecule has 0 saturated carbocycles. The number of morpholine rings is 1. The molecule has 4 amide bonds. The van der Waals surface area contributed by atoms with Crippen LogP contribution in [0.15, 0.2) is 48.5 Å². The summed E-state index contributed by atoms with van der Waals surface area (Å²) < 4.78 is 5.39. The largest absolute Gasteiger partial charge is 0.378 e. The molecule has 2 saturated heterocycles.